The Morgan fingerprint density at radius 2 is 1.90 bits per heavy atom. The molecule has 0 aliphatic heterocycles. The second kappa shape index (κ2) is 9.07. The standard InChI is InChI=1S/C17H32BrNO/c1-4-5-6-14-7-9-15(10-8-14)16(20)19-13-17(2,3)11-12-18/h14-15H,4-13H2,1-3H3,(H,19,20). The maximum atomic E-state index is 12.2. The van der Waals surface area contributed by atoms with E-state index in [2.05, 4.69) is 42.0 Å². The third-order valence-corrected chi connectivity index (χ3v) is 5.09. The molecule has 20 heavy (non-hydrogen) atoms. The van der Waals surface area contributed by atoms with Gasteiger partial charge in [-0.15, -0.1) is 0 Å². The number of amides is 1. The van der Waals surface area contributed by atoms with Crippen molar-refractivity contribution in [2.75, 3.05) is 11.9 Å². The summed E-state index contributed by atoms with van der Waals surface area (Å²) in [4.78, 5) is 12.2. The van der Waals surface area contributed by atoms with Crippen molar-refractivity contribution in [2.45, 2.75) is 72.1 Å². The van der Waals surface area contributed by atoms with Gasteiger partial charge in [0.1, 0.15) is 0 Å². The van der Waals surface area contributed by atoms with Crippen LogP contribution in [0.5, 0.6) is 0 Å². The van der Waals surface area contributed by atoms with E-state index >= 15 is 0 Å². The van der Waals surface area contributed by atoms with Crippen LogP contribution in [0.4, 0.5) is 0 Å². The summed E-state index contributed by atoms with van der Waals surface area (Å²) in [6, 6.07) is 0. The van der Waals surface area contributed by atoms with Crippen molar-refractivity contribution in [2.24, 2.45) is 17.3 Å². The maximum absolute atomic E-state index is 12.2. The first-order chi connectivity index (χ1) is 9.48. The molecule has 1 fully saturated rings. The van der Waals surface area contributed by atoms with Gasteiger partial charge in [-0.05, 0) is 43.4 Å². The lowest BCUT2D eigenvalue weighted by Crippen LogP contribution is -2.39. The van der Waals surface area contributed by atoms with Gasteiger partial charge in [-0.1, -0.05) is 56.0 Å². The quantitative estimate of drug-likeness (QED) is 0.622. The highest BCUT2D eigenvalue weighted by Crippen LogP contribution is 2.32. The van der Waals surface area contributed by atoms with Crippen LogP contribution in [-0.4, -0.2) is 17.8 Å². The Hall–Kier alpha value is -0.0500. The third-order valence-electron chi connectivity index (χ3n) is 4.70. The fourth-order valence-corrected chi connectivity index (χ4v) is 4.09. The van der Waals surface area contributed by atoms with Crippen molar-refractivity contribution in [3.8, 4) is 0 Å². The highest BCUT2D eigenvalue weighted by molar-refractivity contribution is 9.09. The summed E-state index contributed by atoms with van der Waals surface area (Å²) in [6.45, 7) is 7.49. The van der Waals surface area contributed by atoms with Crippen LogP contribution in [0, 0.1) is 17.3 Å². The number of rotatable bonds is 8. The second-order valence-electron chi connectivity index (χ2n) is 7.18. The van der Waals surface area contributed by atoms with E-state index in [-0.39, 0.29) is 11.3 Å². The Labute approximate surface area is 133 Å². The number of carbonyl (C=O) groups is 1. The molecule has 2 nitrogen and oxygen atoms in total. The fourth-order valence-electron chi connectivity index (χ4n) is 3.02. The topological polar surface area (TPSA) is 29.1 Å². The number of alkyl halides is 1. The lowest BCUT2D eigenvalue weighted by atomic mass is 9.79. The average molecular weight is 346 g/mol. The van der Waals surface area contributed by atoms with Gasteiger partial charge in [0, 0.05) is 17.8 Å². The van der Waals surface area contributed by atoms with Gasteiger partial charge in [-0.25, -0.2) is 0 Å². The van der Waals surface area contributed by atoms with E-state index in [1.165, 1.54) is 32.1 Å². The summed E-state index contributed by atoms with van der Waals surface area (Å²) in [6.07, 6.45) is 9.80. The first-order valence-corrected chi connectivity index (χ1v) is 9.44. The number of hydrogen-bond acceptors (Lipinski definition) is 1. The van der Waals surface area contributed by atoms with Gasteiger partial charge in [0.15, 0.2) is 0 Å². The minimum Gasteiger partial charge on any atom is -0.355 e. The van der Waals surface area contributed by atoms with Crippen molar-refractivity contribution in [1.82, 2.24) is 5.32 Å². The number of hydrogen-bond donors (Lipinski definition) is 1. The lowest BCUT2D eigenvalue weighted by molar-refractivity contribution is -0.126. The molecule has 0 aromatic carbocycles. The summed E-state index contributed by atoms with van der Waals surface area (Å²) < 4.78 is 0. The number of halogens is 1. The second-order valence-corrected chi connectivity index (χ2v) is 7.97. The van der Waals surface area contributed by atoms with Gasteiger partial charge in [0.05, 0.1) is 0 Å². The fraction of sp³-hybridized carbons (Fsp3) is 0.941. The Morgan fingerprint density at radius 1 is 1.25 bits per heavy atom. The Bertz CT molecular complexity index is 283. The zero-order chi connectivity index (χ0) is 15.0. The average Bonchev–Trinajstić information content (AvgIpc) is 2.43. The zero-order valence-corrected chi connectivity index (χ0v) is 15.1. The van der Waals surface area contributed by atoms with Gasteiger partial charge in [-0.2, -0.15) is 0 Å². The number of unbranched alkanes of at least 4 members (excludes halogenated alkanes) is 1. The predicted molar refractivity (Wildman–Crippen MR) is 90.2 cm³/mol. The number of nitrogens with one attached hydrogen (secondary N) is 1. The van der Waals surface area contributed by atoms with E-state index in [0.717, 1.165) is 37.1 Å². The Kier molecular flexibility index (Phi) is 8.16. The molecule has 0 aromatic rings. The van der Waals surface area contributed by atoms with Crippen LogP contribution < -0.4 is 5.32 Å². The van der Waals surface area contributed by atoms with E-state index in [1.54, 1.807) is 0 Å². The summed E-state index contributed by atoms with van der Waals surface area (Å²) in [5.74, 6) is 1.44. The smallest absolute Gasteiger partial charge is 0.223 e. The molecule has 3 heteroatoms. The molecule has 0 unspecified atom stereocenters. The minimum atomic E-state index is 0.192. The molecule has 0 atom stereocenters. The highest BCUT2D eigenvalue weighted by atomic mass is 79.9. The van der Waals surface area contributed by atoms with Crippen molar-refractivity contribution in [3.05, 3.63) is 0 Å². The molecule has 0 saturated heterocycles. The van der Waals surface area contributed by atoms with Crippen molar-refractivity contribution in [3.63, 3.8) is 0 Å². The molecular weight excluding hydrogens is 314 g/mol. The molecule has 0 aromatic heterocycles. The normalized spacial score (nSPS) is 23.6. The summed E-state index contributed by atoms with van der Waals surface area (Å²) in [7, 11) is 0. The van der Waals surface area contributed by atoms with Gasteiger partial charge in [0.2, 0.25) is 5.91 Å². The van der Waals surface area contributed by atoms with Gasteiger partial charge < -0.3 is 5.32 Å². The van der Waals surface area contributed by atoms with Crippen LogP contribution in [0.25, 0.3) is 0 Å². The maximum Gasteiger partial charge on any atom is 0.223 e. The predicted octanol–water partition coefficient (Wildman–Crippen LogP) is 4.91. The van der Waals surface area contributed by atoms with Crippen molar-refractivity contribution >= 4 is 21.8 Å². The first-order valence-electron chi connectivity index (χ1n) is 8.32. The SMILES string of the molecule is CCCCC1CCC(C(=O)NCC(C)(C)CCBr)CC1. The largest absolute Gasteiger partial charge is 0.355 e. The van der Waals surface area contributed by atoms with Crippen LogP contribution >= 0.6 is 15.9 Å². The minimum absolute atomic E-state index is 0.192. The van der Waals surface area contributed by atoms with Crippen LogP contribution in [0.1, 0.15) is 72.1 Å². The van der Waals surface area contributed by atoms with Crippen LogP contribution in [0.2, 0.25) is 0 Å². The first kappa shape index (κ1) is 18.0. The molecule has 1 aliphatic carbocycles. The van der Waals surface area contributed by atoms with Gasteiger partial charge in [0.25, 0.3) is 0 Å². The van der Waals surface area contributed by atoms with Crippen LogP contribution in [-0.2, 0) is 4.79 Å². The summed E-state index contributed by atoms with van der Waals surface area (Å²) in [5, 5.41) is 4.17. The monoisotopic (exact) mass is 345 g/mol. The molecule has 1 aliphatic rings. The molecular formula is C17H32BrNO. The highest BCUT2D eigenvalue weighted by Gasteiger charge is 2.27. The van der Waals surface area contributed by atoms with Crippen molar-refractivity contribution < 1.29 is 4.79 Å². The Balaban J connectivity index is 2.25. The zero-order valence-electron chi connectivity index (χ0n) is 13.5. The Morgan fingerprint density at radius 3 is 2.45 bits per heavy atom. The molecule has 1 N–H and O–H groups in total. The van der Waals surface area contributed by atoms with Crippen LogP contribution in [0.15, 0.2) is 0 Å². The van der Waals surface area contributed by atoms with E-state index in [1.807, 2.05) is 0 Å². The molecule has 1 rings (SSSR count). The van der Waals surface area contributed by atoms with E-state index in [9.17, 15) is 4.79 Å². The van der Waals surface area contributed by atoms with Gasteiger partial charge >= 0.3 is 0 Å². The van der Waals surface area contributed by atoms with E-state index < -0.39 is 0 Å². The number of carbonyl (C=O) groups excluding carboxylic acids is 1. The van der Waals surface area contributed by atoms with Crippen molar-refractivity contribution in [1.29, 1.82) is 0 Å². The molecule has 0 bridgehead atoms. The molecule has 118 valence electrons. The molecule has 1 saturated carbocycles. The summed E-state index contributed by atoms with van der Waals surface area (Å²) in [5.41, 5.74) is 0.192. The van der Waals surface area contributed by atoms with E-state index in [4.69, 9.17) is 0 Å². The molecule has 0 radical (unpaired) electrons. The van der Waals surface area contributed by atoms with E-state index in [0.29, 0.717) is 5.91 Å². The lowest BCUT2D eigenvalue weighted by Gasteiger charge is -2.29. The molecule has 1 amide bonds. The molecule has 0 heterocycles. The van der Waals surface area contributed by atoms with Crippen LogP contribution in [0.3, 0.4) is 0 Å². The third kappa shape index (κ3) is 6.60. The summed E-state index contributed by atoms with van der Waals surface area (Å²) >= 11 is 3.48. The van der Waals surface area contributed by atoms with Gasteiger partial charge in [-0.3, -0.25) is 4.79 Å². The molecule has 0 spiro atoms.